The molecule has 0 aliphatic heterocycles. The molecule has 0 aliphatic rings. The van der Waals surface area contributed by atoms with Gasteiger partial charge in [0.15, 0.2) is 10.8 Å². The average molecular weight is 420 g/mol. The van der Waals surface area contributed by atoms with Gasteiger partial charge in [0, 0.05) is 17.1 Å². The van der Waals surface area contributed by atoms with Gasteiger partial charge < -0.3 is 9.47 Å². The minimum Gasteiger partial charge on any atom is -0.497 e. The molecule has 0 atom stereocenters. The van der Waals surface area contributed by atoms with Crippen molar-refractivity contribution in [2.45, 2.75) is 6.92 Å². The van der Waals surface area contributed by atoms with Crippen LogP contribution >= 0.6 is 11.3 Å². The molecule has 0 fully saturated rings. The largest absolute Gasteiger partial charge is 0.497 e. The first kappa shape index (κ1) is 19.7. The molecular weight excluding hydrogens is 400 g/mol. The highest BCUT2D eigenvalue weighted by Gasteiger charge is 2.15. The van der Waals surface area contributed by atoms with Crippen molar-refractivity contribution in [3.63, 3.8) is 0 Å². The molecule has 1 N–H and O–H groups in total. The first-order chi connectivity index (χ1) is 14.7. The van der Waals surface area contributed by atoms with Crippen molar-refractivity contribution >= 4 is 22.4 Å². The second-order valence-corrected chi connectivity index (χ2v) is 7.12. The minimum atomic E-state index is -0.318. The lowest BCUT2D eigenvalue weighted by atomic mass is 10.1. The Morgan fingerprint density at radius 3 is 2.70 bits per heavy atom. The van der Waals surface area contributed by atoms with E-state index >= 15 is 0 Å². The van der Waals surface area contributed by atoms with Gasteiger partial charge in [0.05, 0.1) is 25.1 Å². The number of thiazole rings is 1. The van der Waals surface area contributed by atoms with Gasteiger partial charge in [-0.2, -0.15) is 5.10 Å². The van der Waals surface area contributed by atoms with Crippen molar-refractivity contribution in [1.29, 1.82) is 0 Å². The smallest absolute Gasteiger partial charge is 0.277 e. The Morgan fingerprint density at radius 1 is 1.13 bits per heavy atom. The number of nitrogens with zero attached hydrogens (tertiary/aromatic N) is 3. The van der Waals surface area contributed by atoms with Gasteiger partial charge in [-0.15, -0.1) is 11.3 Å². The van der Waals surface area contributed by atoms with Gasteiger partial charge in [0.25, 0.3) is 5.91 Å². The van der Waals surface area contributed by atoms with Crippen molar-refractivity contribution < 1.29 is 14.3 Å². The van der Waals surface area contributed by atoms with E-state index < -0.39 is 0 Å². The number of hydrogen-bond donors (Lipinski definition) is 1. The molecule has 2 aromatic carbocycles. The summed E-state index contributed by atoms with van der Waals surface area (Å²) >= 11 is 1.35. The molecule has 0 aliphatic carbocycles. The number of aromatic nitrogens is 3. The average Bonchev–Trinajstić information content (AvgIpc) is 3.45. The Hall–Kier alpha value is -3.65. The third-order valence-electron chi connectivity index (χ3n) is 4.35. The summed E-state index contributed by atoms with van der Waals surface area (Å²) in [4.78, 5) is 17.1. The van der Waals surface area contributed by atoms with Gasteiger partial charge in [-0.25, -0.2) is 9.67 Å². The number of para-hydroxylation sites is 1. The van der Waals surface area contributed by atoms with E-state index in [2.05, 4.69) is 15.4 Å². The number of benzene rings is 2. The van der Waals surface area contributed by atoms with E-state index in [0.29, 0.717) is 17.4 Å². The summed E-state index contributed by atoms with van der Waals surface area (Å²) in [6.07, 6.45) is 1.74. The predicted octanol–water partition coefficient (Wildman–Crippen LogP) is 4.66. The number of amides is 1. The van der Waals surface area contributed by atoms with Crippen molar-refractivity contribution in [2.75, 3.05) is 19.0 Å². The van der Waals surface area contributed by atoms with Gasteiger partial charge in [0.2, 0.25) is 0 Å². The van der Waals surface area contributed by atoms with E-state index in [-0.39, 0.29) is 5.91 Å². The van der Waals surface area contributed by atoms with Crippen LogP contribution in [0.3, 0.4) is 0 Å². The van der Waals surface area contributed by atoms with Gasteiger partial charge in [0.1, 0.15) is 11.5 Å². The molecule has 2 aromatic heterocycles. The summed E-state index contributed by atoms with van der Waals surface area (Å²) in [5, 5.41) is 9.56. The molecule has 0 saturated heterocycles. The van der Waals surface area contributed by atoms with Crippen LogP contribution in [0.5, 0.6) is 11.5 Å². The van der Waals surface area contributed by atoms with Gasteiger partial charge in [-0.3, -0.25) is 10.1 Å². The van der Waals surface area contributed by atoms with Crippen molar-refractivity contribution in [3.05, 3.63) is 71.9 Å². The molecule has 0 bridgehead atoms. The van der Waals surface area contributed by atoms with Crippen LogP contribution in [0, 0.1) is 0 Å². The maximum Gasteiger partial charge on any atom is 0.277 e. The van der Waals surface area contributed by atoms with Crippen molar-refractivity contribution in [2.24, 2.45) is 0 Å². The highest BCUT2D eigenvalue weighted by Crippen LogP contribution is 2.32. The number of carbonyl (C=O) groups is 1. The molecule has 0 radical (unpaired) electrons. The maximum atomic E-state index is 12.6. The van der Waals surface area contributed by atoms with E-state index in [4.69, 9.17) is 9.47 Å². The molecule has 4 rings (SSSR count). The zero-order chi connectivity index (χ0) is 20.9. The summed E-state index contributed by atoms with van der Waals surface area (Å²) in [5.41, 5.74) is 2.78. The third kappa shape index (κ3) is 4.18. The molecule has 8 heteroatoms. The third-order valence-corrected chi connectivity index (χ3v) is 5.10. The van der Waals surface area contributed by atoms with Crippen LogP contribution in [0.1, 0.15) is 17.4 Å². The summed E-state index contributed by atoms with van der Waals surface area (Å²) in [7, 11) is 1.62. The van der Waals surface area contributed by atoms with Crippen LogP contribution < -0.4 is 14.8 Å². The van der Waals surface area contributed by atoms with Crippen molar-refractivity contribution in [1.82, 2.24) is 14.8 Å². The van der Waals surface area contributed by atoms with Gasteiger partial charge in [-0.1, -0.05) is 12.1 Å². The quantitative estimate of drug-likeness (QED) is 0.471. The van der Waals surface area contributed by atoms with Crippen LogP contribution in [-0.2, 0) is 0 Å². The number of carbonyl (C=O) groups excluding carboxylic acids is 1. The molecule has 0 spiro atoms. The van der Waals surface area contributed by atoms with E-state index in [9.17, 15) is 4.79 Å². The lowest BCUT2D eigenvalue weighted by molar-refractivity contribution is 0.102. The Morgan fingerprint density at radius 2 is 1.93 bits per heavy atom. The molecule has 4 aromatic rings. The summed E-state index contributed by atoms with van der Waals surface area (Å²) in [6, 6.07) is 16.8. The molecule has 0 saturated carbocycles. The lowest BCUT2D eigenvalue weighted by Gasteiger charge is -2.07. The fraction of sp³-hybridized carbons (Fsp3) is 0.136. The Kier molecular flexibility index (Phi) is 5.76. The standard InChI is InChI=1S/C22H20N4O3S/c1-3-29-20-7-5-4-6-17(20)19-14-30-22(23-19)24-21(27)18-12-13-26(25-18)15-8-10-16(28-2)11-9-15/h4-14H,3H2,1-2H3,(H,23,24,27). The highest BCUT2D eigenvalue weighted by molar-refractivity contribution is 7.14. The summed E-state index contributed by atoms with van der Waals surface area (Å²) in [6.45, 7) is 2.51. The monoisotopic (exact) mass is 420 g/mol. The first-order valence-corrected chi connectivity index (χ1v) is 10.2. The molecule has 0 unspecified atom stereocenters. The van der Waals surface area contributed by atoms with Crippen LogP contribution in [0.15, 0.2) is 66.2 Å². The molecule has 152 valence electrons. The minimum absolute atomic E-state index is 0.303. The summed E-state index contributed by atoms with van der Waals surface area (Å²) in [5.74, 6) is 1.21. The predicted molar refractivity (Wildman–Crippen MR) is 117 cm³/mol. The van der Waals surface area contributed by atoms with Crippen molar-refractivity contribution in [3.8, 4) is 28.4 Å². The van der Waals surface area contributed by atoms with Crippen LogP contribution in [-0.4, -0.2) is 34.4 Å². The number of ether oxygens (including phenoxy) is 2. The fourth-order valence-corrected chi connectivity index (χ4v) is 3.61. The SMILES string of the molecule is CCOc1ccccc1-c1csc(NC(=O)c2ccn(-c3ccc(OC)cc3)n2)n1. The molecular formula is C22H20N4O3S. The Bertz CT molecular complexity index is 1150. The Labute approximate surface area is 177 Å². The number of methoxy groups -OCH3 is 1. The topological polar surface area (TPSA) is 78.3 Å². The van der Waals surface area contributed by atoms with Gasteiger partial charge in [-0.05, 0) is 49.4 Å². The highest BCUT2D eigenvalue weighted by atomic mass is 32.1. The molecule has 7 nitrogen and oxygen atoms in total. The lowest BCUT2D eigenvalue weighted by Crippen LogP contribution is -2.13. The maximum absolute atomic E-state index is 12.6. The molecule has 2 heterocycles. The second-order valence-electron chi connectivity index (χ2n) is 6.26. The number of rotatable bonds is 7. The summed E-state index contributed by atoms with van der Waals surface area (Å²) < 4.78 is 12.5. The second kappa shape index (κ2) is 8.79. The van der Waals surface area contributed by atoms with E-state index in [0.717, 1.165) is 28.4 Å². The normalized spacial score (nSPS) is 10.6. The first-order valence-electron chi connectivity index (χ1n) is 9.37. The number of hydrogen-bond acceptors (Lipinski definition) is 6. The molecule has 1 amide bonds. The molecule has 30 heavy (non-hydrogen) atoms. The van der Waals surface area contributed by atoms with Crippen LogP contribution in [0.4, 0.5) is 5.13 Å². The zero-order valence-corrected chi connectivity index (χ0v) is 17.3. The zero-order valence-electron chi connectivity index (χ0n) is 16.5. The number of nitrogens with one attached hydrogen (secondary N) is 1. The van der Waals surface area contributed by atoms with Gasteiger partial charge >= 0.3 is 0 Å². The van der Waals surface area contributed by atoms with E-state index in [1.165, 1.54) is 11.3 Å². The fourth-order valence-electron chi connectivity index (χ4n) is 2.90. The van der Waals surface area contributed by atoms with Crippen LogP contribution in [0.2, 0.25) is 0 Å². The number of anilines is 1. The van der Waals surface area contributed by atoms with Crippen LogP contribution in [0.25, 0.3) is 16.9 Å². The Balaban J connectivity index is 1.48. The van der Waals surface area contributed by atoms with E-state index in [1.54, 1.807) is 24.1 Å². The van der Waals surface area contributed by atoms with E-state index in [1.807, 2.05) is 60.8 Å².